The number of nitrogens with zero attached hydrogens (tertiary/aromatic N) is 2. The Balaban J connectivity index is 1.72. The van der Waals surface area contributed by atoms with Crippen molar-refractivity contribution < 1.29 is 4.74 Å². The van der Waals surface area contributed by atoms with Crippen LogP contribution >= 0.6 is 0 Å². The van der Waals surface area contributed by atoms with Crippen LogP contribution in [-0.4, -0.2) is 36.7 Å². The van der Waals surface area contributed by atoms with Crippen molar-refractivity contribution in [1.29, 1.82) is 0 Å². The molecule has 0 saturated carbocycles. The van der Waals surface area contributed by atoms with E-state index in [-0.39, 0.29) is 0 Å². The minimum absolute atomic E-state index is 0.718. The number of aryl methyl sites for hydroxylation is 1. The van der Waals surface area contributed by atoms with Crippen LogP contribution in [0.5, 0.6) is 5.75 Å². The molecule has 5 nitrogen and oxygen atoms in total. The Kier molecular flexibility index (Phi) is 5.08. The molecular formula is C18H24N4O. The highest BCUT2D eigenvalue weighted by Gasteiger charge is 2.13. The summed E-state index contributed by atoms with van der Waals surface area (Å²) in [7, 11) is 1.67. The van der Waals surface area contributed by atoms with Crippen molar-refractivity contribution in [3.8, 4) is 17.1 Å². The highest BCUT2D eigenvalue weighted by atomic mass is 16.5. The third-order valence-corrected chi connectivity index (χ3v) is 4.23. The summed E-state index contributed by atoms with van der Waals surface area (Å²) >= 11 is 0. The summed E-state index contributed by atoms with van der Waals surface area (Å²) in [5.41, 5.74) is 1.97. The number of aromatic nitrogens is 2. The van der Waals surface area contributed by atoms with Gasteiger partial charge in [0.1, 0.15) is 11.6 Å². The monoisotopic (exact) mass is 312 g/mol. The fourth-order valence-corrected chi connectivity index (χ4v) is 2.86. The van der Waals surface area contributed by atoms with Gasteiger partial charge in [-0.1, -0.05) is 0 Å². The van der Waals surface area contributed by atoms with Crippen LogP contribution in [0.1, 0.15) is 18.5 Å². The maximum atomic E-state index is 5.20. The molecule has 0 amide bonds. The number of nitrogens with one attached hydrogen (secondary N) is 2. The maximum Gasteiger partial charge on any atom is 0.161 e. The molecular weight excluding hydrogens is 288 g/mol. The molecule has 0 atom stereocenters. The second kappa shape index (κ2) is 7.42. The van der Waals surface area contributed by atoms with Gasteiger partial charge in [-0.25, -0.2) is 9.97 Å². The molecule has 0 bridgehead atoms. The molecule has 1 saturated heterocycles. The van der Waals surface area contributed by atoms with Crippen LogP contribution in [0.15, 0.2) is 30.3 Å². The van der Waals surface area contributed by atoms with Gasteiger partial charge >= 0.3 is 0 Å². The average Bonchev–Trinajstić information content (AvgIpc) is 2.60. The number of rotatable bonds is 5. The van der Waals surface area contributed by atoms with E-state index in [0.717, 1.165) is 54.2 Å². The van der Waals surface area contributed by atoms with E-state index in [1.54, 1.807) is 7.11 Å². The molecule has 1 aliphatic heterocycles. The van der Waals surface area contributed by atoms with Crippen molar-refractivity contribution >= 4 is 5.82 Å². The fourth-order valence-electron chi connectivity index (χ4n) is 2.86. The topological polar surface area (TPSA) is 59.1 Å². The molecule has 2 N–H and O–H groups in total. The zero-order chi connectivity index (χ0) is 16.1. The maximum absolute atomic E-state index is 5.20. The van der Waals surface area contributed by atoms with Crippen molar-refractivity contribution in [3.05, 3.63) is 36.0 Å². The first kappa shape index (κ1) is 15.7. The normalized spacial score (nSPS) is 15.4. The van der Waals surface area contributed by atoms with Crippen LogP contribution in [0.3, 0.4) is 0 Å². The number of methoxy groups -OCH3 is 1. The van der Waals surface area contributed by atoms with Crippen LogP contribution in [0.4, 0.5) is 5.82 Å². The number of ether oxygens (including phenoxy) is 1. The van der Waals surface area contributed by atoms with E-state index in [2.05, 4.69) is 20.6 Å². The van der Waals surface area contributed by atoms with E-state index in [1.807, 2.05) is 37.3 Å². The van der Waals surface area contributed by atoms with E-state index >= 15 is 0 Å². The lowest BCUT2D eigenvalue weighted by atomic mass is 9.98. The highest BCUT2D eigenvalue weighted by molar-refractivity contribution is 5.58. The van der Waals surface area contributed by atoms with E-state index < -0.39 is 0 Å². The first-order valence-corrected chi connectivity index (χ1v) is 8.19. The van der Waals surface area contributed by atoms with Gasteiger partial charge in [-0.15, -0.1) is 0 Å². The predicted molar refractivity (Wildman–Crippen MR) is 92.8 cm³/mol. The lowest BCUT2D eigenvalue weighted by Crippen LogP contribution is -2.31. The minimum atomic E-state index is 0.718. The number of hydrogen-bond acceptors (Lipinski definition) is 5. The third-order valence-electron chi connectivity index (χ3n) is 4.23. The van der Waals surface area contributed by atoms with E-state index in [4.69, 9.17) is 4.74 Å². The molecule has 0 spiro atoms. The van der Waals surface area contributed by atoms with Gasteiger partial charge in [0.25, 0.3) is 0 Å². The Hall–Kier alpha value is -2.14. The lowest BCUT2D eigenvalue weighted by Gasteiger charge is -2.23. The van der Waals surface area contributed by atoms with Crippen LogP contribution in [0, 0.1) is 12.8 Å². The number of piperidine rings is 1. The molecule has 2 aromatic rings. The molecule has 0 aliphatic carbocycles. The van der Waals surface area contributed by atoms with Crippen molar-refractivity contribution in [1.82, 2.24) is 15.3 Å². The summed E-state index contributed by atoms with van der Waals surface area (Å²) in [6.45, 7) is 5.21. The van der Waals surface area contributed by atoms with Crippen LogP contribution in [-0.2, 0) is 0 Å². The third kappa shape index (κ3) is 4.20. The summed E-state index contributed by atoms with van der Waals surface area (Å²) < 4.78 is 5.20. The largest absolute Gasteiger partial charge is 0.497 e. The average molecular weight is 312 g/mol. The smallest absolute Gasteiger partial charge is 0.161 e. The number of hydrogen-bond donors (Lipinski definition) is 2. The van der Waals surface area contributed by atoms with Gasteiger partial charge in [0.15, 0.2) is 5.82 Å². The molecule has 0 unspecified atom stereocenters. The van der Waals surface area contributed by atoms with Gasteiger partial charge in [-0.05, 0) is 63.0 Å². The molecule has 1 aliphatic rings. The van der Waals surface area contributed by atoms with Crippen molar-refractivity contribution in [3.63, 3.8) is 0 Å². The van der Waals surface area contributed by atoms with Gasteiger partial charge in [0.2, 0.25) is 0 Å². The van der Waals surface area contributed by atoms with E-state index in [9.17, 15) is 0 Å². The second-order valence-corrected chi connectivity index (χ2v) is 6.02. The SMILES string of the molecule is COc1ccc(-c2nc(C)cc(NCC3CCNCC3)n2)cc1. The molecule has 1 fully saturated rings. The summed E-state index contributed by atoms with van der Waals surface area (Å²) in [6.07, 6.45) is 2.45. The Bertz CT molecular complexity index is 636. The molecule has 122 valence electrons. The fraction of sp³-hybridized carbons (Fsp3) is 0.444. The zero-order valence-electron chi connectivity index (χ0n) is 13.8. The molecule has 5 heteroatoms. The van der Waals surface area contributed by atoms with Crippen LogP contribution in [0.2, 0.25) is 0 Å². The van der Waals surface area contributed by atoms with Gasteiger partial charge in [0.05, 0.1) is 7.11 Å². The van der Waals surface area contributed by atoms with Crippen molar-refractivity contribution in [2.75, 3.05) is 32.1 Å². The van der Waals surface area contributed by atoms with E-state index in [1.165, 1.54) is 12.8 Å². The summed E-state index contributed by atoms with van der Waals surface area (Å²) in [5.74, 6) is 3.21. The van der Waals surface area contributed by atoms with Crippen molar-refractivity contribution in [2.45, 2.75) is 19.8 Å². The van der Waals surface area contributed by atoms with Gasteiger partial charge in [0, 0.05) is 23.9 Å². The molecule has 0 radical (unpaired) electrons. The molecule has 1 aromatic heterocycles. The predicted octanol–water partition coefficient (Wildman–Crippen LogP) is 2.87. The van der Waals surface area contributed by atoms with Gasteiger partial charge in [-0.3, -0.25) is 0 Å². The van der Waals surface area contributed by atoms with Crippen LogP contribution in [0.25, 0.3) is 11.4 Å². The highest BCUT2D eigenvalue weighted by Crippen LogP contribution is 2.21. The lowest BCUT2D eigenvalue weighted by molar-refractivity contribution is 0.389. The zero-order valence-corrected chi connectivity index (χ0v) is 13.8. The van der Waals surface area contributed by atoms with Crippen LogP contribution < -0.4 is 15.4 Å². The Labute approximate surface area is 137 Å². The number of benzene rings is 1. The molecule has 2 heterocycles. The minimum Gasteiger partial charge on any atom is -0.497 e. The Morgan fingerprint density at radius 2 is 1.91 bits per heavy atom. The Morgan fingerprint density at radius 3 is 2.61 bits per heavy atom. The van der Waals surface area contributed by atoms with Crippen molar-refractivity contribution in [2.24, 2.45) is 5.92 Å². The first-order chi connectivity index (χ1) is 11.2. The second-order valence-electron chi connectivity index (χ2n) is 6.02. The Morgan fingerprint density at radius 1 is 1.17 bits per heavy atom. The standard InChI is InChI=1S/C18H24N4O/c1-13-11-17(20-12-14-7-9-19-10-8-14)22-18(21-13)15-3-5-16(23-2)6-4-15/h3-6,11,14,19H,7-10,12H2,1-2H3,(H,20,21,22). The molecule has 23 heavy (non-hydrogen) atoms. The molecule has 3 rings (SSSR count). The summed E-state index contributed by atoms with van der Waals surface area (Å²) in [4.78, 5) is 9.22. The molecule has 1 aromatic carbocycles. The summed E-state index contributed by atoms with van der Waals surface area (Å²) in [6, 6.07) is 9.86. The first-order valence-electron chi connectivity index (χ1n) is 8.19. The summed E-state index contributed by atoms with van der Waals surface area (Å²) in [5, 5.41) is 6.88. The van der Waals surface area contributed by atoms with Gasteiger partial charge in [-0.2, -0.15) is 0 Å². The van der Waals surface area contributed by atoms with E-state index in [0.29, 0.717) is 0 Å². The quantitative estimate of drug-likeness (QED) is 0.889. The number of anilines is 1. The van der Waals surface area contributed by atoms with Gasteiger partial charge < -0.3 is 15.4 Å².